The third-order valence-electron chi connectivity index (χ3n) is 2.59. The topological polar surface area (TPSA) is 28.7 Å². The highest BCUT2D eigenvalue weighted by molar-refractivity contribution is 9.10. The summed E-state index contributed by atoms with van der Waals surface area (Å²) in [7, 11) is 0. The van der Waals surface area contributed by atoms with E-state index in [1.807, 2.05) is 24.3 Å². The lowest BCUT2D eigenvalue weighted by molar-refractivity contribution is 0.564. The Morgan fingerprint density at radius 2 is 1.88 bits per heavy atom. The Labute approximate surface area is 115 Å². The molecule has 0 fully saturated rings. The van der Waals surface area contributed by atoms with Gasteiger partial charge in [-0.25, -0.2) is 0 Å². The summed E-state index contributed by atoms with van der Waals surface area (Å²) in [5.41, 5.74) is 2.89. The number of nitrogens with zero attached hydrogens (tertiary/aromatic N) is 1. The van der Waals surface area contributed by atoms with Gasteiger partial charge < -0.3 is 0 Å². The summed E-state index contributed by atoms with van der Waals surface area (Å²) >= 11 is 9.79. The van der Waals surface area contributed by atoms with Crippen LogP contribution in [0, 0.1) is 0 Å². The van der Waals surface area contributed by atoms with Gasteiger partial charge in [0.1, 0.15) is 5.69 Å². The summed E-state index contributed by atoms with van der Waals surface area (Å²) in [6, 6.07) is 7.71. The van der Waals surface area contributed by atoms with E-state index in [2.05, 4.69) is 46.9 Å². The van der Waals surface area contributed by atoms with Crippen molar-refractivity contribution in [1.82, 2.24) is 10.2 Å². The molecule has 0 radical (unpaired) electrons. The van der Waals surface area contributed by atoms with Crippen LogP contribution in [0.1, 0.15) is 26.5 Å². The number of halogens is 2. The number of rotatable bonds is 1. The van der Waals surface area contributed by atoms with E-state index in [0.29, 0.717) is 5.02 Å². The van der Waals surface area contributed by atoms with Gasteiger partial charge in [-0.15, -0.1) is 0 Å². The third-order valence-corrected chi connectivity index (χ3v) is 3.69. The number of benzene rings is 1. The van der Waals surface area contributed by atoms with Gasteiger partial charge in [-0.2, -0.15) is 5.10 Å². The Kier molecular flexibility index (Phi) is 3.32. The van der Waals surface area contributed by atoms with E-state index in [1.54, 1.807) is 0 Å². The summed E-state index contributed by atoms with van der Waals surface area (Å²) in [5.74, 6) is 0. The molecule has 0 amide bonds. The lowest BCUT2D eigenvalue weighted by atomic mass is 9.92. The molecule has 0 aliphatic carbocycles. The van der Waals surface area contributed by atoms with Crippen molar-refractivity contribution in [2.75, 3.05) is 0 Å². The average molecular weight is 314 g/mol. The maximum absolute atomic E-state index is 6.18. The molecule has 1 aromatic carbocycles. The minimum Gasteiger partial charge on any atom is -0.280 e. The summed E-state index contributed by atoms with van der Waals surface area (Å²) in [6.07, 6.45) is 0. The second-order valence-electron chi connectivity index (χ2n) is 4.99. The zero-order valence-electron chi connectivity index (χ0n) is 10.0. The zero-order chi connectivity index (χ0) is 12.6. The van der Waals surface area contributed by atoms with Gasteiger partial charge in [-0.3, -0.25) is 5.10 Å². The van der Waals surface area contributed by atoms with Crippen molar-refractivity contribution in [3.05, 3.63) is 39.5 Å². The zero-order valence-corrected chi connectivity index (χ0v) is 12.4. The maximum atomic E-state index is 6.18. The molecule has 0 aliphatic rings. The number of nitrogens with one attached hydrogen (secondary N) is 1. The van der Waals surface area contributed by atoms with Crippen molar-refractivity contribution in [2.45, 2.75) is 26.2 Å². The molecule has 0 atom stereocenters. The molecule has 0 spiro atoms. The first-order valence-electron chi connectivity index (χ1n) is 5.40. The van der Waals surface area contributed by atoms with E-state index < -0.39 is 0 Å². The molecule has 4 heteroatoms. The quantitative estimate of drug-likeness (QED) is 0.805. The normalized spacial score (nSPS) is 11.8. The Morgan fingerprint density at radius 3 is 2.41 bits per heavy atom. The first kappa shape index (κ1) is 12.7. The van der Waals surface area contributed by atoms with Gasteiger partial charge in [0.25, 0.3) is 0 Å². The number of H-pyrrole nitrogens is 1. The lowest BCUT2D eigenvalue weighted by Crippen LogP contribution is -2.12. The third kappa shape index (κ3) is 2.40. The number of aromatic nitrogens is 2. The molecule has 0 saturated carbocycles. The summed E-state index contributed by atoms with van der Waals surface area (Å²) in [4.78, 5) is 0. The van der Waals surface area contributed by atoms with Crippen molar-refractivity contribution in [2.24, 2.45) is 0 Å². The molecule has 17 heavy (non-hydrogen) atoms. The molecule has 0 saturated heterocycles. The number of aromatic amines is 1. The van der Waals surface area contributed by atoms with E-state index in [4.69, 9.17) is 11.6 Å². The summed E-state index contributed by atoms with van der Waals surface area (Å²) < 4.78 is 0.984. The van der Waals surface area contributed by atoms with Gasteiger partial charge in [0.05, 0.1) is 15.2 Å². The smallest absolute Gasteiger partial charge is 0.108 e. The molecule has 2 rings (SSSR count). The fourth-order valence-electron chi connectivity index (χ4n) is 1.66. The Morgan fingerprint density at radius 1 is 1.24 bits per heavy atom. The van der Waals surface area contributed by atoms with Gasteiger partial charge in [0, 0.05) is 11.0 Å². The monoisotopic (exact) mass is 312 g/mol. The van der Waals surface area contributed by atoms with Crippen LogP contribution in [-0.4, -0.2) is 10.2 Å². The highest BCUT2D eigenvalue weighted by Gasteiger charge is 2.23. The SMILES string of the molecule is CC(C)(C)c1[nH]nc(-c2ccccc2Cl)c1Br. The molecular formula is C13H14BrClN2. The van der Waals surface area contributed by atoms with Crippen molar-refractivity contribution in [3.63, 3.8) is 0 Å². The van der Waals surface area contributed by atoms with Crippen LogP contribution in [0.5, 0.6) is 0 Å². The van der Waals surface area contributed by atoms with Crippen LogP contribution in [0.15, 0.2) is 28.7 Å². The fourth-order valence-corrected chi connectivity index (χ4v) is 2.87. The second-order valence-corrected chi connectivity index (χ2v) is 6.19. The predicted octanol–water partition coefficient (Wildman–Crippen LogP) is 4.79. The van der Waals surface area contributed by atoms with Crippen LogP contribution < -0.4 is 0 Å². The van der Waals surface area contributed by atoms with Crippen LogP contribution in [0.2, 0.25) is 5.02 Å². The van der Waals surface area contributed by atoms with E-state index in [1.165, 1.54) is 0 Å². The van der Waals surface area contributed by atoms with Crippen LogP contribution >= 0.6 is 27.5 Å². The first-order valence-corrected chi connectivity index (χ1v) is 6.57. The molecule has 2 nitrogen and oxygen atoms in total. The van der Waals surface area contributed by atoms with Crippen molar-refractivity contribution in [1.29, 1.82) is 0 Å². The Bertz CT molecular complexity index is 541. The van der Waals surface area contributed by atoms with Gasteiger partial charge in [0.2, 0.25) is 0 Å². The Hall–Kier alpha value is -0.800. The molecule has 0 bridgehead atoms. The largest absolute Gasteiger partial charge is 0.280 e. The van der Waals surface area contributed by atoms with Gasteiger partial charge >= 0.3 is 0 Å². The fraction of sp³-hybridized carbons (Fsp3) is 0.308. The highest BCUT2D eigenvalue weighted by Crippen LogP contribution is 2.37. The van der Waals surface area contributed by atoms with E-state index in [-0.39, 0.29) is 5.41 Å². The maximum Gasteiger partial charge on any atom is 0.108 e. The predicted molar refractivity (Wildman–Crippen MR) is 75.4 cm³/mol. The molecule has 1 aromatic heterocycles. The molecular weight excluding hydrogens is 300 g/mol. The molecule has 1 heterocycles. The standard InChI is InChI=1S/C13H14BrClN2/c1-13(2,3)12-10(14)11(16-17-12)8-6-4-5-7-9(8)15/h4-7H,1-3H3,(H,16,17). The van der Waals surface area contributed by atoms with E-state index in [9.17, 15) is 0 Å². The van der Waals surface area contributed by atoms with Crippen LogP contribution in [0.3, 0.4) is 0 Å². The molecule has 1 N–H and O–H groups in total. The molecule has 0 aliphatic heterocycles. The van der Waals surface area contributed by atoms with Gasteiger partial charge in [0.15, 0.2) is 0 Å². The number of hydrogen-bond acceptors (Lipinski definition) is 1. The Balaban J connectivity index is 2.56. The van der Waals surface area contributed by atoms with Crippen molar-refractivity contribution in [3.8, 4) is 11.3 Å². The number of hydrogen-bond donors (Lipinski definition) is 1. The molecule has 2 aromatic rings. The van der Waals surface area contributed by atoms with Crippen LogP contribution in [0.4, 0.5) is 0 Å². The van der Waals surface area contributed by atoms with Crippen molar-refractivity contribution < 1.29 is 0 Å². The minimum absolute atomic E-state index is 0.0192. The van der Waals surface area contributed by atoms with Gasteiger partial charge in [-0.05, 0) is 22.0 Å². The first-order chi connectivity index (χ1) is 7.91. The average Bonchev–Trinajstić information content (AvgIpc) is 2.60. The second kappa shape index (κ2) is 4.46. The van der Waals surface area contributed by atoms with Gasteiger partial charge in [-0.1, -0.05) is 50.6 Å². The van der Waals surface area contributed by atoms with E-state index >= 15 is 0 Å². The minimum atomic E-state index is 0.0192. The molecule has 90 valence electrons. The lowest BCUT2D eigenvalue weighted by Gasteiger charge is -2.16. The summed E-state index contributed by atoms with van der Waals surface area (Å²) in [5, 5.41) is 8.15. The van der Waals surface area contributed by atoms with Crippen LogP contribution in [0.25, 0.3) is 11.3 Å². The van der Waals surface area contributed by atoms with Crippen LogP contribution in [-0.2, 0) is 5.41 Å². The highest BCUT2D eigenvalue weighted by atomic mass is 79.9. The van der Waals surface area contributed by atoms with E-state index in [0.717, 1.165) is 21.4 Å². The molecule has 0 unspecified atom stereocenters. The van der Waals surface area contributed by atoms with Crippen molar-refractivity contribution >= 4 is 27.5 Å². The summed E-state index contributed by atoms with van der Waals surface area (Å²) in [6.45, 7) is 6.42.